The molecule has 0 aliphatic heterocycles. The third-order valence-electron chi connectivity index (χ3n) is 6.98. The second-order valence-electron chi connectivity index (χ2n) is 10.1. The summed E-state index contributed by atoms with van der Waals surface area (Å²) in [5.41, 5.74) is -4.56. The summed E-state index contributed by atoms with van der Waals surface area (Å²) in [6, 6.07) is 24.4. The molecule has 1 atom stereocenters. The van der Waals surface area contributed by atoms with Gasteiger partial charge in [0.25, 0.3) is 5.60 Å². The fraction of sp³-hybridized carbons (Fsp3) is 0.265. The molecule has 0 fully saturated rings. The summed E-state index contributed by atoms with van der Waals surface area (Å²) in [5, 5.41) is 0. The lowest BCUT2D eigenvalue weighted by atomic mass is 9.91. The predicted octanol–water partition coefficient (Wildman–Crippen LogP) is 8.15. The standard InChI is InChI=1S/C34H30F6O6/c1-42-27-16-14-23(15-17-27)21-45-32(33(35,36)37,34(38,39)40)26-11-7-12-28(20-26)44-22-30(25-9-4-3-5-10-25)46-29-13-6-8-24(18-29)19-31(41)43-2/h3-18,20,30H,19,21-22H2,1-2H3. The Bertz CT molecular complexity index is 1560. The van der Waals surface area contributed by atoms with Gasteiger partial charge in [-0.25, -0.2) is 0 Å². The van der Waals surface area contributed by atoms with Crippen molar-refractivity contribution in [3.8, 4) is 17.2 Å². The van der Waals surface area contributed by atoms with E-state index in [2.05, 4.69) is 0 Å². The number of halogens is 6. The van der Waals surface area contributed by atoms with Gasteiger partial charge in [0.2, 0.25) is 0 Å². The van der Waals surface area contributed by atoms with Crippen molar-refractivity contribution in [2.45, 2.75) is 37.1 Å². The Balaban J connectivity index is 1.62. The van der Waals surface area contributed by atoms with Gasteiger partial charge in [-0.15, -0.1) is 0 Å². The average Bonchev–Trinajstić information content (AvgIpc) is 3.03. The molecule has 4 aromatic rings. The van der Waals surface area contributed by atoms with E-state index in [0.29, 0.717) is 34.8 Å². The van der Waals surface area contributed by atoms with Crippen molar-refractivity contribution in [1.29, 1.82) is 0 Å². The van der Waals surface area contributed by atoms with Crippen molar-refractivity contribution in [1.82, 2.24) is 0 Å². The Morgan fingerprint density at radius 1 is 0.696 bits per heavy atom. The molecule has 4 aromatic carbocycles. The first-order valence-electron chi connectivity index (χ1n) is 13.9. The van der Waals surface area contributed by atoms with Crippen LogP contribution in [0.15, 0.2) is 103 Å². The van der Waals surface area contributed by atoms with Crippen LogP contribution in [0.3, 0.4) is 0 Å². The van der Waals surface area contributed by atoms with Gasteiger partial charge in [-0.3, -0.25) is 4.79 Å². The highest BCUT2D eigenvalue weighted by Gasteiger charge is 2.73. The van der Waals surface area contributed by atoms with Crippen molar-refractivity contribution in [2.75, 3.05) is 20.8 Å². The van der Waals surface area contributed by atoms with Crippen molar-refractivity contribution in [3.05, 3.63) is 125 Å². The van der Waals surface area contributed by atoms with Gasteiger partial charge in [-0.05, 0) is 53.1 Å². The smallest absolute Gasteiger partial charge is 0.430 e. The molecule has 0 amide bonds. The van der Waals surface area contributed by atoms with Crippen molar-refractivity contribution in [2.24, 2.45) is 0 Å². The number of methoxy groups -OCH3 is 2. The van der Waals surface area contributed by atoms with Gasteiger partial charge in [-0.2, -0.15) is 26.3 Å². The summed E-state index contributed by atoms with van der Waals surface area (Å²) in [6.45, 7) is -1.28. The van der Waals surface area contributed by atoms with Crippen molar-refractivity contribution in [3.63, 3.8) is 0 Å². The molecule has 0 bridgehead atoms. The second kappa shape index (κ2) is 14.6. The normalized spacial score (nSPS) is 12.7. The monoisotopic (exact) mass is 648 g/mol. The molecule has 0 aromatic heterocycles. The van der Waals surface area contributed by atoms with Crippen LogP contribution in [0, 0.1) is 0 Å². The molecule has 0 saturated heterocycles. The molecule has 6 nitrogen and oxygen atoms in total. The van der Waals surface area contributed by atoms with Crippen LogP contribution >= 0.6 is 0 Å². The maximum absolute atomic E-state index is 14.5. The Hall–Kier alpha value is -4.71. The molecule has 0 radical (unpaired) electrons. The summed E-state index contributed by atoms with van der Waals surface area (Å²) in [5.74, 6) is 0.0000266. The zero-order chi connectivity index (χ0) is 33.4. The number of ether oxygens (including phenoxy) is 5. The summed E-state index contributed by atoms with van der Waals surface area (Å²) in [4.78, 5) is 11.7. The van der Waals surface area contributed by atoms with Crippen molar-refractivity contribution < 1.29 is 54.8 Å². The average molecular weight is 649 g/mol. The first-order valence-corrected chi connectivity index (χ1v) is 13.9. The number of carbonyl (C=O) groups is 1. The van der Waals surface area contributed by atoms with E-state index < -0.39 is 42.2 Å². The quantitative estimate of drug-likeness (QED) is 0.108. The number of carbonyl (C=O) groups excluding carboxylic acids is 1. The molecular weight excluding hydrogens is 618 g/mol. The molecule has 4 rings (SSSR count). The molecule has 0 saturated carbocycles. The Morgan fingerprint density at radius 3 is 1.98 bits per heavy atom. The highest BCUT2D eigenvalue weighted by atomic mass is 19.4. The molecule has 244 valence electrons. The van der Waals surface area contributed by atoms with E-state index in [1.165, 1.54) is 44.6 Å². The minimum atomic E-state index is -5.89. The lowest BCUT2D eigenvalue weighted by Crippen LogP contribution is -2.55. The maximum Gasteiger partial charge on any atom is 0.430 e. The van der Waals surface area contributed by atoms with E-state index in [1.807, 2.05) is 0 Å². The largest absolute Gasteiger partial charge is 0.497 e. The van der Waals surface area contributed by atoms with E-state index >= 15 is 0 Å². The topological polar surface area (TPSA) is 63.2 Å². The van der Waals surface area contributed by atoms with Gasteiger partial charge in [0.15, 0.2) is 6.10 Å². The summed E-state index contributed by atoms with van der Waals surface area (Å²) < 4.78 is 113. The van der Waals surface area contributed by atoms with E-state index in [4.69, 9.17) is 23.7 Å². The third kappa shape index (κ3) is 8.11. The van der Waals surface area contributed by atoms with Crippen LogP contribution in [0.4, 0.5) is 26.3 Å². The van der Waals surface area contributed by atoms with E-state index in [1.54, 1.807) is 54.6 Å². The van der Waals surface area contributed by atoms with Crippen LogP contribution in [0.5, 0.6) is 17.2 Å². The lowest BCUT2D eigenvalue weighted by Gasteiger charge is -2.37. The van der Waals surface area contributed by atoms with Crippen LogP contribution in [-0.2, 0) is 32.9 Å². The minimum absolute atomic E-state index is 0.00626. The first-order chi connectivity index (χ1) is 21.9. The fourth-order valence-electron chi connectivity index (χ4n) is 4.62. The molecule has 46 heavy (non-hydrogen) atoms. The Labute approximate surface area is 261 Å². The van der Waals surface area contributed by atoms with Crippen LogP contribution in [0.25, 0.3) is 0 Å². The predicted molar refractivity (Wildman–Crippen MR) is 155 cm³/mol. The van der Waals surface area contributed by atoms with Gasteiger partial charge >= 0.3 is 18.3 Å². The fourth-order valence-corrected chi connectivity index (χ4v) is 4.62. The number of alkyl halides is 6. The van der Waals surface area contributed by atoms with Crippen LogP contribution in [0.1, 0.15) is 28.4 Å². The van der Waals surface area contributed by atoms with Crippen LogP contribution < -0.4 is 14.2 Å². The Kier molecular flexibility index (Phi) is 10.8. The highest BCUT2D eigenvalue weighted by molar-refractivity contribution is 5.72. The number of esters is 1. The molecule has 0 heterocycles. The van der Waals surface area contributed by atoms with Crippen LogP contribution in [-0.4, -0.2) is 39.1 Å². The molecule has 0 aliphatic carbocycles. The minimum Gasteiger partial charge on any atom is -0.497 e. The van der Waals surface area contributed by atoms with Gasteiger partial charge in [0, 0.05) is 5.56 Å². The first kappa shape index (κ1) is 34.2. The van der Waals surface area contributed by atoms with E-state index in [-0.39, 0.29) is 24.3 Å². The number of hydrogen-bond acceptors (Lipinski definition) is 6. The number of hydrogen-bond donors (Lipinski definition) is 0. The van der Waals surface area contributed by atoms with E-state index in [0.717, 1.165) is 6.07 Å². The summed E-state index contributed by atoms with van der Waals surface area (Å²) in [6.07, 6.45) is -12.6. The maximum atomic E-state index is 14.5. The van der Waals surface area contributed by atoms with Crippen molar-refractivity contribution >= 4 is 5.97 Å². The molecule has 0 N–H and O–H groups in total. The second-order valence-corrected chi connectivity index (χ2v) is 10.1. The Morgan fingerprint density at radius 2 is 1.35 bits per heavy atom. The molecule has 1 unspecified atom stereocenters. The molecule has 0 spiro atoms. The van der Waals surface area contributed by atoms with Gasteiger partial charge in [-0.1, -0.05) is 66.7 Å². The van der Waals surface area contributed by atoms with Gasteiger partial charge in [0.1, 0.15) is 23.9 Å². The zero-order valence-corrected chi connectivity index (χ0v) is 24.7. The van der Waals surface area contributed by atoms with Crippen LogP contribution in [0.2, 0.25) is 0 Å². The zero-order valence-electron chi connectivity index (χ0n) is 24.7. The molecular formula is C34H30F6O6. The van der Waals surface area contributed by atoms with Gasteiger partial charge < -0.3 is 23.7 Å². The molecule has 0 aliphatic rings. The summed E-state index contributed by atoms with van der Waals surface area (Å²) in [7, 11) is 2.64. The third-order valence-corrected chi connectivity index (χ3v) is 6.98. The lowest BCUT2D eigenvalue weighted by molar-refractivity contribution is -0.392. The molecule has 12 heteroatoms. The number of benzene rings is 4. The highest BCUT2D eigenvalue weighted by Crippen LogP contribution is 2.53. The number of rotatable bonds is 13. The van der Waals surface area contributed by atoms with Gasteiger partial charge in [0.05, 0.1) is 27.2 Å². The summed E-state index contributed by atoms with van der Waals surface area (Å²) >= 11 is 0. The van der Waals surface area contributed by atoms with E-state index in [9.17, 15) is 31.1 Å². The SMILES string of the molecule is COC(=O)Cc1cccc(OC(COc2cccc(C(OCc3ccc(OC)cc3)(C(F)(F)F)C(F)(F)F)c2)c2ccccc2)c1.